The quantitative estimate of drug-likeness (QED) is 0.883. The monoisotopic (exact) mass is 301 g/mol. The van der Waals surface area contributed by atoms with Crippen molar-refractivity contribution in [1.29, 1.82) is 0 Å². The summed E-state index contributed by atoms with van der Waals surface area (Å²) in [5.41, 5.74) is -1.38. The molecule has 2 aromatic rings. The molecular weight excluding hydrogens is 290 g/mol. The van der Waals surface area contributed by atoms with Crippen LogP contribution in [0.5, 0.6) is 5.75 Å². The Hall–Kier alpha value is -2.38. The first-order valence-electron chi connectivity index (χ1n) is 5.83. The van der Waals surface area contributed by atoms with E-state index in [0.29, 0.717) is 6.07 Å². The number of benzene rings is 1. The van der Waals surface area contributed by atoms with Crippen molar-refractivity contribution < 1.29 is 22.3 Å². The number of hydrogen-bond donors (Lipinski definition) is 1. The highest BCUT2D eigenvalue weighted by Crippen LogP contribution is 2.32. The zero-order chi connectivity index (χ0) is 15.6. The predicted molar refractivity (Wildman–Crippen MR) is 68.5 cm³/mol. The largest absolute Gasteiger partial charge is 0.497 e. The minimum Gasteiger partial charge on any atom is -0.497 e. The van der Waals surface area contributed by atoms with Gasteiger partial charge in [-0.3, -0.25) is 0 Å². The lowest BCUT2D eigenvalue weighted by Crippen LogP contribution is -2.11. The van der Waals surface area contributed by atoms with Crippen LogP contribution in [0.2, 0.25) is 0 Å². The van der Waals surface area contributed by atoms with Gasteiger partial charge in [-0.25, -0.2) is 14.4 Å². The van der Waals surface area contributed by atoms with E-state index in [-0.39, 0.29) is 23.0 Å². The number of halogens is 4. The average Bonchev–Trinajstić information content (AvgIpc) is 2.45. The van der Waals surface area contributed by atoms with Crippen molar-refractivity contribution in [3.05, 3.63) is 35.8 Å². The highest BCUT2D eigenvalue weighted by molar-refractivity contribution is 5.62. The molecule has 2 rings (SSSR count). The van der Waals surface area contributed by atoms with Crippen LogP contribution in [0.25, 0.3) is 11.3 Å². The van der Waals surface area contributed by atoms with E-state index in [4.69, 9.17) is 4.74 Å². The van der Waals surface area contributed by atoms with E-state index in [9.17, 15) is 17.6 Å². The van der Waals surface area contributed by atoms with Crippen LogP contribution in [0.1, 0.15) is 5.69 Å². The van der Waals surface area contributed by atoms with E-state index in [1.165, 1.54) is 26.3 Å². The van der Waals surface area contributed by atoms with E-state index < -0.39 is 17.7 Å². The molecule has 4 nitrogen and oxygen atoms in total. The van der Waals surface area contributed by atoms with Gasteiger partial charge in [-0.1, -0.05) is 0 Å². The molecule has 0 unspecified atom stereocenters. The Morgan fingerprint density at radius 2 is 1.86 bits per heavy atom. The Morgan fingerprint density at radius 1 is 1.14 bits per heavy atom. The first-order valence-corrected chi connectivity index (χ1v) is 5.83. The number of methoxy groups -OCH3 is 1. The molecule has 0 saturated carbocycles. The summed E-state index contributed by atoms with van der Waals surface area (Å²) < 4.78 is 57.2. The van der Waals surface area contributed by atoms with Crippen LogP contribution >= 0.6 is 0 Å². The third-order valence-corrected chi connectivity index (χ3v) is 2.69. The molecule has 0 aliphatic carbocycles. The molecule has 1 N–H and O–H groups in total. The topological polar surface area (TPSA) is 47.0 Å². The Kier molecular flexibility index (Phi) is 3.97. The van der Waals surface area contributed by atoms with Crippen molar-refractivity contribution in [2.75, 3.05) is 19.5 Å². The zero-order valence-electron chi connectivity index (χ0n) is 11.1. The molecule has 112 valence electrons. The molecule has 0 aliphatic rings. The lowest BCUT2D eigenvalue weighted by Gasteiger charge is -2.11. The summed E-state index contributed by atoms with van der Waals surface area (Å²) >= 11 is 0. The van der Waals surface area contributed by atoms with Crippen molar-refractivity contribution in [3.63, 3.8) is 0 Å². The van der Waals surface area contributed by atoms with Gasteiger partial charge in [0.05, 0.1) is 12.8 Å². The third-order valence-electron chi connectivity index (χ3n) is 2.69. The van der Waals surface area contributed by atoms with E-state index in [2.05, 4.69) is 15.3 Å². The average molecular weight is 301 g/mol. The number of aromatic nitrogens is 2. The normalized spacial score (nSPS) is 11.3. The van der Waals surface area contributed by atoms with Crippen LogP contribution in [-0.2, 0) is 6.18 Å². The lowest BCUT2D eigenvalue weighted by molar-refractivity contribution is -0.141. The lowest BCUT2D eigenvalue weighted by atomic mass is 10.1. The predicted octanol–water partition coefficient (Wildman–Crippen LogP) is 3.35. The standard InChI is InChI=1S/C13H11F4N3O/c1-18-12-19-10(6-11(20-12)13(15,16)17)8-4-3-7(21-2)5-9(8)14/h3-6H,1-2H3,(H,18,19,20). The molecule has 21 heavy (non-hydrogen) atoms. The minimum atomic E-state index is -4.65. The van der Waals surface area contributed by atoms with Gasteiger partial charge in [-0.15, -0.1) is 0 Å². The van der Waals surface area contributed by atoms with Crippen molar-refractivity contribution in [1.82, 2.24) is 9.97 Å². The number of nitrogens with one attached hydrogen (secondary N) is 1. The second kappa shape index (κ2) is 5.55. The summed E-state index contributed by atoms with van der Waals surface area (Å²) in [6, 6.07) is 4.51. The number of anilines is 1. The Balaban J connectivity index is 2.58. The summed E-state index contributed by atoms with van der Waals surface area (Å²) in [4.78, 5) is 7.17. The Bertz CT molecular complexity index is 658. The number of rotatable bonds is 3. The number of nitrogens with zero attached hydrogens (tertiary/aromatic N) is 2. The van der Waals surface area contributed by atoms with Crippen LogP contribution in [0.15, 0.2) is 24.3 Å². The van der Waals surface area contributed by atoms with Crippen LogP contribution in [-0.4, -0.2) is 24.1 Å². The highest BCUT2D eigenvalue weighted by Gasteiger charge is 2.34. The second-order valence-corrected chi connectivity index (χ2v) is 4.06. The smallest absolute Gasteiger partial charge is 0.433 e. The van der Waals surface area contributed by atoms with Gasteiger partial charge in [0.15, 0.2) is 5.69 Å². The van der Waals surface area contributed by atoms with Crippen molar-refractivity contribution in [2.24, 2.45) is 0 Å². The number of hydrogen-bond acceptors (Lipinski definition) is 4. The Labute approximate surface area is 117 Å². The van der Waals surface area contributed by atoms with Gasteiger partial charge in [-0.05, 0) is 18.2 Å². The van der Waals surface area contributed by atoms with Gasteiger partial charge >= 0.3 is 6.18 Å². The van der Waals surface area contributed by atoms with Crippen molar-refractivity contribution in [3.8, 4) is 17.0 Å². The molecule has 0 spiro atoms. The summed E-state index contributed by atoms with van der Waals surface area (Å²) in [5.74, 6) is -0.714. The van der Waals surface area contributed by atoms with Crippen LogP contribution in [0.3, 0.4) is 0 Å². The molecule has 1 aromatic heterocycles. The van der Waals surface area contributed by atoms with E-state index in [1.54, 1.807) is 0 Å². The van der Waals surface area contributed by atoms with E-state index >= 15 is 0 Å². The molecule has 1 aromatic carbocycles. The summed E-state index contributed by atoms with van der Waals surface area (Å²) in [6.45, 7) is 0. The summed E-state index contributed by atoms with van der Waals surface area (Å²) in [7, 11) is 2.74. The van der Waals surface area contributed by atoms with Gasteiger partial charge < -0.3 is 10.1 Å². The van der Waals surface area contributed by atoms with Gasteiger partial charge in [-0.2, -0.15) is 13.2 Å². The molecule has 0 amide bonds. The van der Waals surface area contributed by atoms with Crippen molar-refractivity contribution >= 4 is 5.95 Å². The molecule has 8 heteroatoms. The first kappa shape index (κ1) is 15.0. The van der Waals surface area contributed by atoms with E-state index in [0.717, 1.165) is 6.07 Å². The molecule has 0 fully saturated rings. The second-order valence-electron chi connectivity index (χ2n) is 4.06. The summed E-state index contributed by atoms with van der Waals surface area (Å²) in [5, 5.41) is 2.42. The zero-order valence-corrected chi connectivity index (χ0v) is 11.1. The maximum absolute atomic E-state index is 13.9. The molecule has 0 saturated heterocycles. The number of ether oxygens (including phenoxy) is 1. The maximum atomic E-state index is 13.9. The molecule has 0 radical (unpaired) electrons. The minimum absolute atomic E-state index is 0.0693. The van der Waals surface area contributed by atoms with Gasteiger partial charge in [0.1, 0.15) is 11.6 Å². The maximum Gasteiger partial charge on any atom is 0.433 e. The van der Waals surface area contributed by atoms with Crippen LogP contribution < -0.4 is 10.1 Å². The van der Waals surface area contributed by atoms with Gasteiger partial charge in [0.25, 0.3) is 0 Å². The van der Waals surface area contributed by atoms with Gasteiger partial charge in [0.2, 0.25) is 5.95 Å². The summed E-state index contributed by atoms with van der Waals surface area (Å²) in [6.07, 6.45) is -4.65. The molecule has 0 bridgehead atoms. The highest BCUT2D eigenvalue weighted by atomic mass is 19.4. The van der Waals surface area contributed by atoms with E-state index in [1.807, 2.05) is 0 Å². The number of alkyl halides is 3. The fourth-order valence-electron chi connectivity index (χ4n) is 1.67. The van der Waals surface area contributed by atoms with Crippen LogP contribution in [0.4, 0.5) is 23.5 Å². The SMILES string of the molecule is CNc1nc(-c2ccc(OC)cc2F)cc(C(F)(F)F)n1. The molecule has 0 atom stereocenters. The first-order chi connectivity index (χ1) is 9.85. The third kappa shape index (κ3) is 3.21. The molecule has 0 aliphatic heterocycles. The van der Waals surface area contributed by atoms with Gasteiger partial charge in [0, 0.05) is 18.7 Å². The fraction of sp³-hybridized carbons (Fsp3) is 0.231. The Morgan fingerprint density at radius 3 is 2.38 bits per heavy atom. The van der Waals surface area contributed by atoms with Crippen LogP contribution in [0, 0.1) is 5.82 Å². The molecular formula is C13H11F4N3O. The fourth-order valence-corrected chi connectivity index (χ4v) is 1.67. The molecule has 1 heterocycles. The van der Waals surface area contributed by atoms with Crippen molar-refractivity contribution in [2.45, 2.75) is 6.18 Å².